The Bertz CT molecular complexity index is 2480. The fourth-order valence-corrected chi connectivity index (χ4v) is 10.8. The largest absolute Gasteiger partial charge is 0.444 e. The van der Waals surface area contributed by atoms with Gasteiger partial charge in [-0.15, -0.1) is 11.8 Å². The number of nitrogens with zero attached hydrogens (tertiary/aromatic N) is 3. The third kappa shape index (κ3) is 16.3. The number of para-hydroxylation sites is 1. The van der Waals surface area contributed by atoms with Gasteiger partial charge in [-0.05, 0) is 90.8 Å². The van der Waals surface area contributed by atoms with E-state index in [4.69, 9.17) is 34.2 Å². The minimum atomic E-state index is -1.26. The van der Waals surface area contributed by atoms with Crippen molar-refractivity contribution >= 4 is 87.4 Å². The Hall–Kier alpha value is -6.42. The average molecular weight is 1050 g/mol. The van der Waals surface area contributed by atoms with Crippen LogP contribution in [0.3, 0.4) is 0 Å². The molecule has 20 nitrogen and oxygen atoms in total. The molecule has 2 saturated heterocycles. The predicted octanol–water partition coefficient (Wildman–Crippen LogP) is 3.01. The molecule has 22 heteroatoms. The molecular formula is C51H74N12O8S2. The normalized spacial score (nSPS) is 18.3. The number of carbonyl (C=O) groups is 7. The lowest BCUT2D eigenvalue weighted by Gasteiger charge is -2.39. The summed E-state index contributed by atoms with van der Waals surface area (Å²) in [6.45, 7) is 13.1. The molecule has 2 fully saturated rings. The second kappa shape index (κ2) is 26.0. The SMILES string of the molecule is CCCC[C@H](NC(=O)C1CCCN1C(=S)[C@@H]1N(C(=O)[C@H](Cc2ccccc2)NC(=O)[C@@H](Cc2c[nH]c3ccccc23)NC(=O)[C@H](C)NC(=O)[C@H](CCCN=C(N)N)NC(=O)OC(C)(C)C)CSC1(C)C)C(N)=O. The van der Waals surface area contributed by atoms with E-state index in [0.29, 0.717) is 49.2 Å². The number of likely N-dealkylation sites (tertiary alicyclic amines) is 1. The Balaban J connectivity index is 1.41. The van der Waals surface area contributed by atoms with Crippen LogP contribution in [0.5, 0.6) is 0 Å². The molecule has 0 bridgehead atoms. The number of fused-ring (bicyclic) bond motifs is 1. The van der Waals surface area contributed by atoms with E-state index in [1.54, 1.807) is 31.9 Å². The number of aromatic amines is 1. The van der Waals surface area contributed by atoms with E-state index >= 15 is 4.79 Å². The lowest BCUT2D eigenvalue weighted by molar-refractivity contribution is -0.137. The minimum absolute atomic E-state index is 0.00507. The van der Waals surface area contributed by atoms with Crippen LogP contribution in [0.2, 0.25) is 0 Å². The van der Waals surface area contributed by atoms with Gasteiger partial charge in [-0.3, -0.25) is 33.8 Å². The highest BCUT2D eigenvalue weighted by Crippen LogP contribution is 2.42. The molecule has 2 aliphatic heterocycles. The lowest BCUT2D eigenvalue weighted by Crippen LogP contribution is -2.61. The standard InChI is InChI=1S/C51H74N12O8S2/c1-8-9-20-35(41(52)64)58-45(68)39-23-16-25-62(39)47(72)40-51(6,7)73-29-63(40)46(69)38(26-31-17-11-10-12-18-31)60-44(67)37(27-32-28-56-34-21-14-13-19-33(32)34)59-42(65)30(2)57-43(66)36(22-15-24-55-48(53)54)61-49(70)71-50(3,4)5/h10-14,17-19,21,28,30,35-40,56H,8-9,15-16,20,22-27,29H2,1-7H3,(H2,52,64)(H,57,66)(H,58,68)(H,59,65)(H,60,67)(H,61,70)(H4,53,54,55)/t30-,35-,36-,37+,38-,39?,40-/m0/s1. The molecular weight excluding hydrogens is 973 g/mol. The van der Waals surface area contributed by atoms with E-state index in [2.05, 4.69) is 36.6 Å². The number of guanidine groups is 1. The molecule has 5 rings (SSSR count). The summed E-state index contributed by atoms with van der Waals surface area (Å²) in [6, 6.07) is 9.77. The van der Waals surface area contributed by atoms with Crippen LogP contribution in [0.25, 0.3) is 10.9 Å². The van der Waals surface area contributed by atoms with Gasteiger partial charge in [0.05, 0.1) is 11.9 Å². The van der Waals surface area contributed by atoms with E-state index in [1.807, 2.05) is 80.3 Å². The summed E-state index contributed by atoms with van der Waals surface area (Å²) in [5, 5.41) is 14.8. The number of thioether (sulfide) groups is 1. The van der Waals surface area contributed by atoms with Crippen molar-refractivity contribution in [1.82, 2.24) is 41.4 Å². The number of alkyl carbamates (subject to hydrolysis) is 1. The van der Waals surface area contributed by atoms with E-state index in [1.165, 1.54) is 18.7 Å². The molecule has 398 valence electrons. The molecule has 3 heterocycles. The first-order valence-corrected chi connectivity index (χ1v) is 26.3. The molecule has 73 heavy (non-hydrogen) atoms. The van der Waals surface area contributed by atoms with Gasteiger partial charge < -0.3 is 63.3 Å². The highest BCUT2D eigenvalue weighted by atomic mass is 32.2. The topological polar surface area (TPSA) is 302 Å². The van der Waals surface area contributed by atoms with Crippen LogP contribution in [0.4, 0.5) is 4.79 Å². The zero-order chi connectivity index (χ0) is 53.6. The maximum Gasteiger partial charge on any atom is 0.408 e. The number of rotatable bonds is 23. The Morgan fingerprint density at radius 3 is 2.16 bits per heavy atom. The van der Waals surface area contributed by atoms with Gasteiger partial charge in [-0.25, -0.2) is 4.79 Å². The third-order valence-electron chi connectivity index (χ3n) is 12.7. The molecule has 0 radical (unpaired) electrons. The summed E-state index contributed by atoms with van der Waals surface area (Å²) in [5.41, 5.74) is 18.1. The smallest absolute Gasteiger partial charge is 0.408 e. The van der Waals surface area contributed by atoms with Crippen LogP contribution in [0, 0.1) is 0 Å². The molecule has 0 spiro atoms. The fraction of sp³-hybridized carbons (Fsp3) is 0.549. The van der Waals surface area contributed by atoms with Crippen LogP contribution < -0.4 is 43.8 Å². The fourth-order valence-electron chi connectivity index (χ4n) is 8.96. The van der Waals surface area contributed by atoms with Crippen molar-refractivity contribution in [2.75, 3.05) is 19.0 Å². The molecule has 2 aromatic carbocycles. The molecule has 12 N–H and O–H groups in total. The number of amides is 7. The number of benzene rings is 2. The number of nitrogens with one attached hydrogen (secondary N) is 6. The van der Waals surface area contributed by atoms with Crippen molar-refractivity contribution in [3.63, 3.8) is 0 Å². The van der Waals surface area contributed by atoms with E-state index < -0.39 is 88.3 Å². The first kappa shape index (κ1) is 57.5. The summed E-state index contributed by atoms with van der Waals surface area (Å²) in [5.74, 6) is -3.35. The van der Waals surface area contributed by atoms with Crippen LogP contribution in [-0.2, 0) is 46.3 Å². The number of nitrogens with two attached hydrogens (primary N) is 3. The molecule has 0 aliphatic carbocycles. The van der Waals surface area contributed by atoms with Gasteiger partial charge in [0.1, 0.15) is 46.8 Å². The number of thiocarbonyl (C=S) groups is 1. The number of carbonyl (C=O) groups excluding carboxylic acids is 7. The van der Waals surface area contributed by atoms with Crippen LogP contribution in [-0.4, -0.2) is 139 Å². The van der Waals surface area contributed by atoms with E-state index in [0.717, 1.165) is 22.9 Å². The van der Waals surface area contributed by atoms with Crippen LogP contribution in [0.1, 0.15) is 105 Å². The molecule has 1 aromatic heterocycles. The lowest BCUT2D eigenvalue weighted by atomic mass is 9.97. The Morgan fingerprint density at radius 2 is 1.49 bits per heavy atom. The predicted molar refractivity (Wildman–Crippen MR) is 287 cm³/mol. The van der Waals surface area contributed by atoms with Gasteiger partial charge in [0.2, 0.25) is 35.4 Å². The van der Waals surface area contributed by atoms with Crippen molar-refractivity contribution in [3.05, 3.63) is 71.9 Å². The van der Waals surface area contributed by atoms with Crippen molar-refractivity contribution < 1.29 is 38.3 Å². The van der Waals surface area contributed by atoms with Gasteiger partial charge in [-0.2, -0.15) is 0 Å². The maximum atomic E-state index is 15.2. The molecule has 7 amide bonds. The minimum Gasteiger partial charge on any atom is -0.444 e. The monoisotopic (exact) mass is 1050 g/mol. The summed E-state index contributed by atoms with van der Waals surface area (Å²) in [6.07, 6.45) is 4.49. The molecule has 7 atom stereocenters. The molecule has 3 aromatic rings. The highest BCUT2D eigenvalue weighted by molar-refractivity contribution is 8.01. The highest BCUT2D eigenvalue weighted by Gasteiger charge is 2.50. The van der Waals surface area contributed by atoms with Gasteiger partial charge in [-0.1, -0.05) is 80.5 Å². The summed E-state index contributed by atoms with van der Waals surface area (Å²) < 4.78 is 4.78. The molecule has 1 unspecified atom stereocenters. The number of ether oxygens (including phenoxy) is 1. The quantitative estimate of drug-likeness (QED) is 0.0286. The van der Waals surface area contributed by atoms with Crippen LogP contribution in [0.15, 0.2) is 65.8 Å². The van der Waals surface area contributed by atoms with Gasteiger partial charge >= 0.3 is 6.09 Å². The zero-order valence-electron chi connectivity index (χ0n) is 43.0. The van der Waals surface area contributed by atoms with Gasteiger partial charge in [0.15, 0.2) is 5.96 Å². The van der Waals surface area contributed by atoms with Crippen molar-refractivity contribution in [2.45, 2.75) is 159 Å². The molecule has 2 aliphatic rings. The Labute approximate surface area is 437 Å². The number of unbranched alkanes of at least 4 members (excludes halogenated alkanes) is 1. The Morgan fingerprint density at radius 1 is 0.836 bits per heavy atom. The number of hydrogen-bond donors (Lipinski definition) is 9. The number of aliphatic imine (C=N–C) groups is 1. The van der Waals surface area contributed by atoms with Gasteiger partial charge in [0, 0.05) is 47.8 Å². The first-order valence-electron chi connectivity index (χ1n) is 24.9. The first-order chi connectivity index (χ1) is 34.5. The maximum absolute atomic E-state index is 15.2. The average Bonchev–Trinajstić information content (AvgIpc) is 4.07. The number of hydrogen-bond acceptors (Lipinski definition) is 11. The number of aromatic nitrogens is 1. The van der Waals surface area contributed by atoms with Crippen molar-refractivity contribution in [3.8, 4) is 0 Å². The zero-order valence-corrected chi connectivity index (χ0v) is 44.6. The number of H-pyrrole nitrogens is 1. The Kier molecular flexibility index (Phi) is 20.5. The van der Waals surface area contributed by atoms with E-state index in [-0.39, 0.29) is 43.6 Å². The summed E-state index contributed by atoms with van der Waals surface area (Å²) in [4.78, 5) is 108. The number of primary amides is 1. The van der Waals surface area contributed by atoms with Crippen LogP contribution >= 0.6 is 24.0 Å². The van der Waals surface area contributed by atoms with Crippen molar-refractivity contribution in [1.29, 1.82) is 0 Å². The second-order valence-corrected chi connectivity index (χ2v) is 22.2. The summed E-state index contributed by atoms with van der Waals surface area (Å²) in [7, 11) is 0. The molecule has 0 saturated carbocycles. The van der Waals surface area contributed by atoms with Crippen molar-refractivity contribution in [2.24, 2.45) is 22.2 Å². The van der Waals surface area contributed by atoms with Gasteiger partial charge in [0.25, 0.3) is 0 Å². The third-order valence-corrected chi connectivity index (χ3v) is 14.6. The van der Waals surface area contributed by atoms with E-state index in [9.17, 15) is 28.8 Å². The summed E-state index contributed by atoms with van der Waals surface area (Å²) >= 11 is 7.75. The second-order valence-electron chi connectivity index (χ2n) is 20.1.